The molecule has 0 bridgehead atoms. The first-order valence-corrected chi connectivity index (χ1v) is 5.13. The number of benzene rings is 2. The molecule has 0 aromatic heterocycles. The van der Waals surface area contributed by atoms with E-state index in [1.54, 1.807) is 36.2 Å². The average Bonchev–Trinajstić information content (AvgIpc) is 2.33. The molecule has 0 aliphatic rings. The molecule has 2 aromatic rings. The molecule has 88 valence electrons. The van der Waals surface area contributed by atoms with Crippen molar-refractivity contribution in [3.05, 3.63) is 54.1 Å². The van der Waals surface area contributed by atoms with Crippen molar-refractivity contribution in [3.63, 3.8) is 0 Å². The van der Waals surface area contributed by atoms with Crippen molar-refractivity contribution < 1.29 is 8.78 Å². The Kier molecular flexibility index (Phi) is 2.95. The normalized spacial score (nSPS) is 10.3. The number of nitrogen functional groups attached to an aromatic ring is 1. The van der Waals surface area contributed by atoms with Crippen molar-refractivity contribution in [2.45, 2.75) is 0 Å². The first-order chi connectivity index (χ1) is 8.09. The third-order valence-corrected chi connectivity index (χ3v) is 2.61. The van der Waals surface area contributed by atoms with Crippen LogP contribution in [-0.4, -0.2) is 7.05 Å². The lowest BCUT2D eigenvalue weighted by molar-refractivity contribution is 0.627. The molecule has 0 saturated carbocycles. The van der Waals surface area contributed by atoms with Crippen molar-refractivity contribution in [2.24, 2.45) is 0 Å². The smallest absolute Gasteiger partial charge is 0.148 e. The van der Waals surface area contributed by atoms with Gasteiger partial charge in [0.1, 0.15) is 11.6 Å². The summed E-state index contributed by atoms with van der Waals surface area (Å²) in [5.74, 6) is -0.772. The Balaban J connectivity index is 2.40. The second-order valence-corrected chi connectivity index (χ2v) is 3.71. The van der Waals surface area contributed by atoms with E-state index in [9.17, 15) is 8.78 Å². The van der Waals surface area contributed by atoms with E-state index in [2.05, 4.69) is 0 Å². The first kappa shape index (κ1) is 11.4. The Morgan fingerprint density at radius 3 is 2.29 bits per heavy atom. The number of para-hydroxylation sites is 1. The van der Waals surface area contributed by atoms with Gasteiger partial charge in [0.2, 0.25) is 0 Å². The zero-order chi connectivity index (χ0) is 12.4. The van der Waals surface area contributed by atoms with E-state index in [4.69, 9.17) is 5.73 Å². The van der Waals surface area contributed by atoms with E-state index in [1.165, 1.54) is 18.2 Å². The van der Waals surface area contributed by atoms with Crippen LogP contribution in [0.25, 0.3) is 0 Å². The molecule has 2 nitrogen and oxygen atoms in total. The van der Waals surface area contributed by atoms with Gasteiger partial charge in [0.05, 0.1) is 11.4 Å². The summed E-state index contributed by atoms with van der Waals surface area (Å²) in [5.41, 5.74) is 7.03. The van der Waals surface area contributed by atoms with Gasteiger partial charge in [-0.2, -0.15) is 0 Å². The third kappa shape index (κ3) is 2.20. The number of anilines is 3. The van der Waals surface area contributed by atoms with Gasteiger partial charge in [-0.25, -0.2) is 8.78 Å². The number of hydrogen-bond acceptors (Lipinski definition) is 2. The summed E-state index contributed by atoms with van der Waals surface area (Å²) < 4.78 is 26.1. The Morgan fingerprint density at radius 1 is 1.00 bits per heavy atom. The van der Waals surface area contributed by atoms with Crippen molar-refractivity contribution >= 4 is 17.1 Å². The lowest BCUT2D eigenvalue weighted by Crippen LogP contribution is -2.12. The van der Waals surface area contributed by atoms with E-state index in [1.807, 2.05) is 0 Å². The van der Waals surface area contributed by atoms with Gasteiger partial charge in [0.15, 0.2) is 0 Å². The summed E-state index contributed by atoms with van der Waals surface area (Å²) >= 11 is 0. The van der Waals surface area contributed by atoms with E-state index in [-0.39, 0.29) is 11.5 Å². The van der Waals surface area contributed by atoms with Gasteiger partial charge in [-0.1, -0.05) is 6.07 Å². The Labute approximate surface area is 98.3 Å². The molecule has 0 saturated heterocycles. The fourth-order valence-corrected chi connectivity index (χ4v) is 1.62. The average molecular weight is 234 g/mol. The summed E-state index contributed by atoms with van der Waals surface area (Å²) in [6.45, 7) is 0. The first-order valence-electron chi connectivity index (χ1n) is 5.13. The minimum absolute atomic E-state index is 0.0827. The molecule has 4 heteroatoms. The molecule has 0 amide bonds. The number of halogens is 2. The maximum Gasteiger partial charge on any atom is 0.148 e. The monoisotopic (exact) mass is 234 g/mol. The topological polar surface area (TPSA) is 29.3 Å². The summed E-state index contributed by atoms with van der Waals surface area (Å²) in [5, 5.41) is 0. The molecule has 2 rings (SSSR count). The molecule has 0 fully saturated rings. The van der Waals surface area contributed by atoms with Crippen LogP contribution in [-0.2, 0) is 0 Å². The second kappa shape index (κ2) is 4.41. The maximum absolute atomic E-state index is 13.3. The molecule has 0 aliphatic carbocycles. The fourth-order valence-electron chi connectivity index (χ4n) is 1.62. The molecule has 0 unspecified atom stereocenters. The van der Waals surface area contributed by atoms with Gasteiger partial charge in [-0.3, -0.25) is 0 Å². The molecular formula is C13H12F2N2. The third-order valence-electron chi connectivity index (χ3n) is 2.61. The van der Waals surface area contributed by atoms with Crippen molar-refractivity contribution in [1.82, 2.24) is 0 Å². The molecule has 17 heavy (non-hydrogen) atoms. The van der Waals surface area contributed by atoms with Crippen LogP contribution in [0.1, 0.15) is 0 Å². The number of nitrogens with two attached hydrogens (primary N) is 1. The number of rotatable bonds is 2. The minimum atomic E-state index is -0.462. The van der Waals surface area contributed by atoms with Crippen LogP contribution in [0.4, 0.5) is 25.8 Å². The van der Waals surface area contributed by atoms with E-state index in [0.717, 1.165) is 5.69 Å². The van der Waals surface area contributed by atoms with Crippen LogP contribution in [0.2, 0.25) is 0 Å². The molecule has 0 radical (unpaired) electrons. The van der Waals surface area contributed by atoms with Crippen LogP contribution < -0.4 is 10.6 Å². The van der Waals surface area contributed by atoms with Crippen LogP contribution in [0, 0.1) is 11.6 Å². The predicted molar refractivity (Wildman–Crippen MR) is 65.3 cm³/mol. The van der Waals surface area contributed by atoms with Crippen LogP contribution >= 0.6 is 0 Å². The summed E-state index contributed by atoms with van der Waals surface area (Å²) in [7, 11) is 1.75. The van der Waals surface area contributed by atoms with Crippen molar-refractivity contribution in [3.8, 4) is 0 Å². The highest BCUT2D eigenvalue weighted by Crippen LogP contribution is 2.30. The van der Waals surface area contributed by atoms with E-state index < -0.39 is 5.82 Å². The van der Waals surface area contributed by atoms with Gasteiger partial charge >= 0.3 is 0 Å². The summed E-state index contributed by atoms with van der Waals surface area (Å²) in [4.78, 5) is 1.71. The van der Waals surface area contributed by atoms with E-state index in [0.29, 0.717) is 5.69 Å². The lowest BCUT2D eigenvalue weighted by Gasteiger charge is -2.21. The SMILES string of the molecule is CN(c1ccc(F)cc1)c1cccc(F)c1N. The van der Waals surface area contributed by atoms with Gasteiger partial charge in [0, 0.05) is 12.7 Å². The summed E-state index contributed by atoms with van der Waals surface area (Å²) in [6.07, 6.45) is 0. The van der Waals surface area contributed by atoms with Gasteiger partial charge in [-0.05, 0) is 36.4 Å². The Hall–Kier alpha value is -2.10. The van der Waals surface area contributed by atoms with E-state index >= 15 is 0 Å². The molecule has 0 atom stereocenters. The number of hydrogen-bond donors (Lipinski definition) is 1. The van der Waals surface area contributed by atoms with Crippen molar-refractivity contribution in [2.75, 3.05) is 17.7 Å². The zero-order valence-electron chi connectivity index (χ0n) is 9.32. The standard InChI is InChI=1S/C13H12F2N2/c1-17(10-7-5-9(14)6-8-10)12-4-2-3-11(15)13(12)16/h2-8H,16H2,1H3. The highest BCUT2D eigenvalue weighted by atomic mass is 19.1. The van der Waals surface area contributed by atoms with Crippen LogP contribution in [0.15, 0.2) is 42.5 Å². The Bertz CT molecular complexity index is 523. The molecule has 0 heterocycles. The highest BCUT2D eigenvalue weighted by molar-refractivity contribution is 5.74. The largest absolute Gasteiger partial charge is 0.395 e. The molecule has 0 spiro atoms. The zero-order valence-corrected chi connectivity index (χ0v) is 9.32. The lowest BCUT2D eigenvalue weighted by atomic mass is 10.2. The van der Waals surface area contributed by atoms with Gasteiger partial charge < -0.3 is 10.6 Å². The Morgan fingerprint density at radius 2 is 1.65 bits per heavy atom. The quantitative estimate of drug-likeness (QED) is 0.808. The highest BCUT2D eigenvalue weighted by Gasteiger charge is 2.10. The molecule has 2 N–H and O–H groups in total. The van der Waals surface area contributed by atoms with Gasteiger partial charge in [-0.15, -0.1) is 0 Å². The van der Waals surface area contributed by atoms with Crippen LogP contribution in [0.5, 0.6) is 0 Å². The predicted octanol–water partition coefficient (Wildman–Crippen LogP) is 3.31. The molecule has 0 aliphatic heterocycles. The molecular weight excluding hydrogens is 222 g/mol. The summed E-state index contributed by atoms with van der Waals surface area (Å²) in [6, 6.07) is 10.5. The second-order valence-electron chi connectivity index (χ2n) is 3.71. The maximum atomic E-state index is 13.3. The molecule has 2 aromatic carbocycles. The van der Waals surface area contributed by atoms with Crippen molar-refractivity contribution in [1.29, 1.82) is 0 Å². The van der Waals surface area contributed by atoms with Crippen LogP contribution in [0.3, 0.4) is 0 Å². The minimum Gasteiger partial charge on any atom is -0.395 e. The van der Waals surface area contributed by atoms with Gasteiger partial charge in [0.25, 0.3) is 0 Å². The fraction of sp³-hybridized carbons (Fsp3) is 0.0769. The number of nitrogens with zero attached hydrogens (tertiary/aromatic N) is 1.